The van der Waals surface area contributed by atoms with Gasteiger partial charge in [-0.1, -0.05) is 23.2 Å². The van der Waals surface area contributed by atoms with Crippen LogP contribution in [0.3, 0.4) is 0 Å². The maximum atomic E-state index is 13.5. The molecule has 0 atom stereocenters. The van der Waals surface area contributed by atoms with Gasteiger partial charge in [-0.05, 0) is 55.2 Å². The van der Waals surface area contributed by atoms with Gasteiger partial charge in [0.25, 0.3) is 5.91 Å². The van der Waals surface area contributed by atoms with Crippen LogP contribution in [0, 0.1) is 11.7 Å². The Balaban J connectivity index is 1.61. The van der Waals surface area contributed by atoms with E-state index in [0.29, 0.717) is 17.2 Å². The third-order valence-corrected chi connectivity index (χ3v) is 7.79. The van der Waals surface area contributed by atoms with E-state index in [1.54, 1.807) is 0 Å². The molecule has 4 nitrogen and oxygen atoms in total. The molecule has 0 radical (unpaired) electrons. The zero-order chi connectivity index (χ0) is 22.3. The van der Waals surface area contributed by atoms with Crippen LogP contribution in [0.1, 0.15) is 28.8 Å². The molecule has 0 spiro atoms. The molecule has 1 aliphatic rings. The molecule has 0 unspecified atom stereocenters. The van der Waals surface area contributed by atoms with Crippen molar-refractivity contribution in [2.75, 3.05) is 6.54 Å². The Morgan fingerprint density at radius 3 is 2.33 bits per heavy atom. The van der Waals surface area contributed by atoms with Crippen molar-refractivity contribution in [1.82, 2.24) is 5.32 Å². The van der Waals surface area contributed by atoms with E-state index in [4.69, 9.17) is 23.2 Å². The second kappa shape index (κ2) is 8.36. The Morgan fingerprint density at radius 1 is 1.07 bits per heavy atom. The first-order chi connectivity index (χ1) is 13.9. The van der Waals surface area contributed by atoms with Gasteiger partial charge in [-0.25, -0.2) is 12.8 Å². The minimum absolute atomic E-state index is 0.141. The summed E-state index contributed by atoms with van der Waals surface area (Å²) in [4.78, 5) is 11.4. The van der Waals surface area contributed by atoms with Gasteiger partial charge in [0.2, 0.25) is 0 Å². The van der Waals surface area contributed by atoms with E-state index in [1.807, 2.05) is 0 Å². The lowest BCUT2D eigenvalue weighted by Crippen LogP contribution is -2.42. The second-order valence-electron chi connectivity index (χ2n) is 7.02. The van der Waals surface area contributed by atoms with Gasteiger partial charge in [0.05, 0.1) is 25.8 Å². The molecule has 3 rings (SSSR count). The fourth-order valence-corrected chi connectivity index (χ4v) is 5.46. The summed E-state index contributed by atoms with van der Waals surface area (Å²) in [7, 11) is -4.13. The molecule has 2 aromatic carbocycles. The summed E-state index contributed by atoms with van der Waals surface area (Å²) < 4.78 is 77.2. The van der Waals surface area contributed by atoms with E-state index >= 15 is 0 Å². The summed E-state index contributed by atoms with van der Waals surface area (Å²) in [6.45, 7) is 0.183. The Hall–Kier alpha value is -1.84. The average molecular weight is 484 g/mol. The number of alkyl halides is 3. The van der Waals surface area contributed by atoms with Crippen molar-refractivity contribution >= 4 is 38.9 Å². The van der Waals surface area contributed by atoms with Gasteiger partial charge >= 0.3 is 6.18 Å². The molecule has 0 bridgehead atoms. The minimum atomic E-state index is -4.86. The summed E-state index contributed by atoms with van der Waals surface area (Å²) >= 11 is 11.7. The molecule has 11 heteroatoms. The number of carbonyl (C=O) groups is 1. The topological polar surface area (TPSA) is 63.2 Å². The summed E-state index contributed by atoms with van der Waals surface area (Å²) in [5, 5.41) is 2.23. The van der Waals surface area contributed by atoms with Crippen molar-refractivity contribution in [3.63, 3.8) is 0 Å². The maximum absolute atomic E-state index is 13.5. The van der Waals surface area contributed by atoms with Crippen LogP contribution in [0.25, 0.3) is 0 Å². The Labute approximate surface area is 180 Å². The zero-order valence-electron chi connectivity index (χ0n) is 15.1. The molecular formula is C19H15Cl2F4NO3S. The highest BCUT2D eigenvalue weighted by Gasteiger charge is 2.41. The highest BCUT2D eigenvalue weighted by atomic mass is 35.5. The van der Waals surface area contributed by atoms with Gasteiger partial charge in [-0.15, -0.1) is 0 Å². The van der Waals surface area contributed by atoms with Crippen LogP contribution in [-0.2, 0) is 16.0 Å². The minimum Gasteiger partial charge on any atom is -0.352 e. The predicted octanol–water partition coefficient (Wildman–Crippen LogP) is 5.13. The summed E-state index contributed by atoms with van der Waals surface area (Å²) in [5.74, 6) is -1.86. The van der Waals surface area contributed by atoms with Crippen LogP contribution >= 0.6 is 23.2 Å². The fraction of sp³-hybridized carbons (Fsp3) is 0.316. The monoisotopic (exact) mass is 483 g/mol. The first-order valence-electron chi connectivity index (χ1n) is 8.73. The SMILES string of the molecule is O=C(NC[C@H]1C[C@H](S(=O)(=O)c2cc(F)cc(C(F)(F)F)c2)C1)c1ccc(Cl)c(Cl)c1. The third-order valence-electron chi connectivity index (χ3n) is 4.89. The second-order valence-corrected chi connectivity index (χ2v) is 10.1. The van der Waals surface area contributed by atoms with E-state index in [9.17, 15) is 30.8 Å². The standard InChI is InChI=1S/C19H15Cl2F4NO3S/c20-16-2-1-11(5-17(16)21)18(27)26-9-10-3-14(4-10)30(28,29)15-7-12(19(23,24)25)6-13(22)8-15/h1-2,5-8,10,14H,3-4,9H2,(H,26,27)/t10-,14-. The number of rotatable bonds is 5. The van der Waals surface area contributed by atoms with Crippen molar-refractivity contribution in [2.45, 2.75) is 29.2 Å². The van der Waals surface area contributed by atoms with Crippen LogP contribution in [-0.4, -0.2) is 26.1 Å². The highest BCUT2D eigenvalue weighted by molar-refractivity contribution is 7.92. The van der Waals surface area contributed by atoms with Gasteiger partial charge in [-0.3, -0.25) is 4.79 Å². The maximum Gasteiger partial charge on any atom is 0.416 e. The number of benzene rings is 2. The van der Waals surface area contributed by atoms with Gasteiger partial charge in [0.15, 0.2) is 9.84 Å². The lowest BCUT2D eigenvalue weighted by molar-refractivity contribution is -0.137. The molecule has 0 saturated heterocycles. The number of nitrogens with one attached hydrogen (secondary N) is 1. The molecule has 162 valence electrons. The van der Waals surface area contributed by atoms with E-state index in [-0.39, 0.29) is 42.0 Å². The molecule has 0 aromatic heterocycles. The van der Waals surface area contributed by atoms with Crippen molar-refractivity contribution < 1.29 is 30.8 Å². The molecule has 1 saturated carbocycles. The van der Waals surface area contributed by atoms with Crippen LogP contribution < -0.4 is 5.32 Å². The van der Waals surface area contributed by atoms with Crippen LogP contribution in [0.5, 0.6) is 0 Å². The largest absolute Gasteiger partial charge is 0.416 e. The van der Waals surface area contributed by atoms with Gasteiger partial charge in [-0.2, -0.15) is 13.2 Å². The zero-order valence-corrected chi connectivity index (χ0v) is 17.5. The lowest BCUT2D eigenvalue weighted by Gasteiger charge is -2.35. The number of hydrogen-bond acceptors (Lipinski definition) is 3. The first-order valence-corrected chi connectivity index (χ1v) is 11.0. The molecule has 2 aromatic rings. The first kappa shape index (κ1) is 22.8. The number of carbonyl (C=O) groups excluding carboxylic acids is 1. The molecule has 1 fully saturated rings. The molecule has 30 heavy (non-hydrogen) atoms. The smallest absolute Gasteiger partial charge is 0.352 e. The van der Waals surface area contributed by atoms with Crippen molar-refractivity contribution in [3.05, 3.63) is 63.4 Å². The van der Waals surface area contributed by atoms with Crippen LogP contribution in [0.15, 0.2) is 41.3 Å². The number of amides is 1. The Bertz CT molecular complexity index is 1080. The van der Waals surface area contributed by atoms with Gasteiger partial charge < -0.3 is 5.32 Å². The van der Waals surface area contributed by atoms with E-state index in [0.717, 1.165) is 0 Å². The number of sulfone groups is 1. The molecule has 1 aliphatic carbocycles. The molecular weight excluding hydrogens is 469 g/mol. The van der Waals surface area contributed by atoms with E-state index < -0.39 is 43.4 Å². The van der Waals surface area contributed by atoms with Crippen molar-refractivity contribution in [2.24, 2.45) is 5.92 Å². The Kier molecular flexibility index (Phi) is 6.36. The molecule has 0 heterocycles. The molecule has 1 N–H and O–H groups in total. The fourth-order valence-electron chi connectivity index (χ4n) is 3.15. The summed E-state index contributed by atoms with van der Waals surface area (Å²) in [5.41, 5.74) is -1.07. The van der Waals surface area contributed by atoms with E-state index in [1.165, 1.54) is 18.2 Å². The number of hydrogen-bond donors (Lipinski definition) is 1. The van der Waals surface area contributed by atoms with Crippen LogP contribution in [0.4, 0.5) is 17.6 Å². The average Bonchev–Trinajstić information content (AvgIpc) is 2.61. The third kappa shape index (κ3) is 4.90. The predicted molar refractivity (Wildman–Crippen MR) is 104 cm³/mol. The van der Waals surface area contributed by atoms with Gasteiger partial charge in [0, 0.05) is 12.1 Å². The highest BCUT2D eigenvalue weighted by Crippen LogP contribution is 2.38. The summed E-state index contributed by atoms with van der Waals surface area (Å²) in [6, 6.07) is 5.64. The number of halogens is 6. The van der Waals surface area contributed by atoms with Gasteiger partial charge in [0.1, 0.15) is 5.82 Å². The summed E-state index contributed by atoms with van der Waals surface area (Å²) in [6.07, 6.45) is -4.58. The quantitative estimate of drug-likeness (QED) is 0.599. The van der Waals surface area contributed by atoms with Crippen molar-refractivity contribution in [3.8, 4) is 0 Å². The Morgan fingerprint density at radius 2 is 1.73 bits per heavy atom. The lowest BCUT2D eigenvalue weighted by atomic mass is 9.85. The van der Waals surface area contributed by atoms with E-state index in [2.05, 4.69) is 5.32 Å². The molecule has 1 amide bonds. The normalized spacial score (nSPS) is 19.3. The molecule has 0 aliphatic heterocycles. The van der Waals surface area contributed by atoms with Crippen LogP contribution in [0.2, 0.25) is 10.0 Å². The van der Waals surface area contributed by atoms with Crippen molar-refractivity contribution in [1.29, 1.82) is 0 Å².